The van der Waals surface area contributed by atoms with Crippen LogP contribution in [0, 0.1) is 5.41 Å². The summed E-state index contributed by atoms with van der Waals surface area (Å²) in [4.78, 5) is 2.58. The van der Waals surface area contributed by atoms with E-state index in [1.54, 1.807) is 0 Å². The molecule has 2 rings (SSSR count). The molecule has 20 heavy (non-hydrogen) atoms. The summed E-state index contributed by atoms with van der Waals surface area (Å²) < 4.78 is 5.84. The van der Waals surface area contributed by atoms with Crippen LogP contribution in [-0.2, 0) is 4.74 Å². The van der Waals surface area contributed by atoms with Gasteiger partial charge in [-0.05, 0) is 45.4 Å². The molecule has 2 unspecified atom stereocenters. The third-order valence-electron chi connectivity index (χ3n) is 4.79. The molecule has 2 fully saturated rings. The highest BCUT2D eigenvalue weighted by Gasteiger charge is 2.36. The zero-order chi connectivity index (χ0) is 14.4. The Morgan fingerprint density at radius 3 is 2.80 bits per heavy atom. The molecule has 1 saturated heterocycles. The van der Waals surface area contributed by atoms with Crippen LogP contribution >= 0.6 is 11.8 Å². The number of thioether (sulfide) groups is 1. The average Bonchev–Trinajstić information content (AvgIpc) is 3.28. The van der Waals surface area contributed by atoms with Crippen LogP contribution in [0.2, 0.25) is 0 Å². The van der Waals surface area contributed by atoms with Gasteiger partial charge in [0.2, 0.25) is 0 Å². The van der Waals surface area contributed by atoms with Crippen LogP contribution in [-0.4, -0.2) is 62.3 Å². The first kappa shape index (κ1) is 16.6. The van der Waals surface area contributed by atoms with E-state index in [0.717, 1.165) is 25.8 Å². The van der Waals surface area contributed by atoms with Crippen molar-refractivity contribution in [3.8, 4) is 0 Å². The molecule has 0 spiro atoms. The molecule has 1 aliphatic carbocycles. The number of nitrogens with zero attached hydrogens (tertiary/aromatic N) is 1. The van der Waals surface area contributed by atoms with Crippen molar-refractivity contribution < 1.29 is 4.74 Å². The Balaban J connectivity index is 1.90. The minimum atomic E-state index is 0.335. The van der Waals surface area contributed by atoms with E-state index in [1.807, 2.05) is 11.8 Å². The van der Waals surface area contributed by atoms with Gasteiger partial charge in [-0.15, -0.1) is 0 Å². The maximum Gasteiger partial charge on any atom is 0.0546 e. The number of hydrogen-bond donors (Lipinski definition) is 1. The fourth-order valence-electron chi connectivity index (χ4n) is 3.29. The van der Waals surface area contributed by atoms with Gasteiger partial charge < -0.3 is 15.0 Å². The average molecular weight is 301 g/mol. The van der Waals surface area contributed by atoms with Crippen LogP contribution < -0.4 is 5.32 Å². The monoisotopic (exact) mass is 300 g/mol. The molecule has 0 aromatic rings. The summed E-state index contributed by atoms with van der Waals surface area (Å²) in [7, 11) is 2.30. The van der Waals surface area contributed by atoms with E-state index in [1.165, 1.54) is 44.4 Å². The Morgan fingerprint density at radius 2 is 2.25 bits per heavy atom. The summed E-state index contributed by atoms with van der Waals surface area (Å²) in [6.45, 7) is 6.51. The minimum absolute atomic E-state index is 0.335. The predicted octanol–water partition coefficient (Wildman–Crippen LogP) is 2.61. The first-order chi connectivity index (χ1) is 9.69. The number of rotatable bonds is 9. The van der Waals surface area contributed by atoms with Crippen molar-refractivity contribution in [3.05, 3.63) is 0 Å². The molecular formula is C16H32N2OS. The molecule has 2 aliphatic rings. The van der Waals surface area contributed by atoms with Crippen molar-refractivity contribution >= 4 is 11.8 Å². The molecule has 118 valence electrons. The van der Waals surface area contributed by atoms with Crippen LogP contribution in [0.5, 0.6) is 0 Å². The fraction of sp³-hybridized carbons (Fsp3) is 1.00. The molecule has 1 N–H and O–H groups in total. The fourth-order valence-corrected chi connectivity index (χ4v) is 4.16. The molecule has 0 aromatic heterocycles. The van der Waals surface area contributed by atoms with Gasteiger partial charge in [0.25, 0.3) is 0 Å². The van der Waals surface area contributed by atoms with Gasteiger partial charge in [0.15, 0.2) is 0 Å². The highest BCUT2D eigenvalue weighted by Crippen LogP contribution is 2.31. The van der Waals surface area contributed by atoms with Gasteiger partial charge in [-0.2, -0.15) is 11.8 Å². The maximum atomic E-state index is 5.84. The lowest BCUT2D eigenvalue weighted by atomic mass is 9.81. The third kappa shape index (κ3) is 4.90. The van der Waals surface area contributed by atoms with E-state index in [2.05, 4.69) is 30.4 Å². The van der Waals surface area contributed by atoms with Crippen molar-refractivity contribution in [3.63, 3.8) is 0 Å². The molecule has 3 nitrogen and oxygen atoms in total. The minimum Gasteiger partial charge on any atom is -0.381 e. The van der Waals surface area contributed by atoms with E-state index < -0.39 is 0 Å². The van der Waals surface area contributed by atoms with Crippen molar-refractivity contribution in [2.45, 2.75) is 51.1 Å². The molecule has 0 amide bonds. The van der Waals surface area contributed by atoms with E-state index in [9.17, 15) is 0 Å². The van der Waals surface area contributed by atoms with Gasteiger partial charge >= 0.3 is 0 Å². The SMILES string of the molecule is CCC(CSC)N(C)CC1(CNC2CC2)CCCOC1. The molecule has 2 atom stereocenters. The first-order valence-corrected chi connectivity index (χ1v) is 9.59. The normalized spacial score (nSPS) is 28.8. The molecule has 0 radical (unpaired) electrons. The molecule has 4 heteroatoms. The molecule has 0 bridgehead atoms. The predicted molar refractivity (Wildman–Crippen MR) is 88.6 cm³/mol. The summed E-state index contributed by atoms with van der Waals surface area (Å²) >= 11 is 1.96. The van der Waals surface area contributed by atoms with Crippen molar-refractivity contribution in [2.24, 2.45) is 5.41 Å². The van der Waals surface area contributed by atoms with E-state index in [-0.39, 0.29) is 0 Å². The van der Waals surface area contributed by atoms with Crippen molar-refractivity contribution in [2.75, 3.05) is 45.4 Å². The summed E-state index contributed by atoms with van der Waals surface area (Å²) in [5.74, 6) is 1.24. The third-order valence-corrected chi connectivity index (χ3v) is 5.50. The number of hydrogen-bond acceptors (Lipinski definition) is 4. The second-order valence-electron chi connectivity index (χ2n) is 6.74. The van der Waals surface area contributed by atoms with E-state index >= 15 is 0 Å². The Bertz CT molecular complexity index is 278. The summed E-state index contributed by atoms with van der Waals surface area (Å²) in [6.07, 6.45) is 8.73. The highest BCUT2D eigenvalue weighted by atomic mass is 32.2. The van der Waals surface area contributed by atoms with E-state index in [0.29, 0.717) is 11.5 Å². The zero-order valence-corrected chi connectivity index (χ0v) is 14.3. The molecule has 1 saturated carbocycles. The van der Waals surface area contributed by atoms with Gasteiger partial charge in [0.1, 0.15) is 0 Å². The summed E-state index contributed by atoms with van der Waals surface area (Å²) in [5.41, 5.74) is 0.335. The molecule has 1 aliphatic heterocycles. The standard InChI is InChI=1S/C16H32N2OS/c1-4-15(10-20-3)18(2)12-16(8-5-9-19-13-16)11-17-14-6-7-14/h14-15,17H,4-13H2,1-3H3. The van der Waals surface area contributed by atoms with E-state index in [4.69, 9.17) is 4.74 Å². The maximum absolute atomic E-state index is 5.84. The lowest BCUT2D eigenvalue weighted by Crippen LogP contribution is -2.51. The Kier molecular flexibility index (Phi) is 6.66. The Morgan fingerprint density at radius 1 is 1.45 bits per heavy atom. The number of ether oxygens (including phenoxy) is 1. The van der Waals surface area contributed by atoms with Gasteiger partial charge in [-0.1, -0.05) is 6.92 Å². The number of nitrogens with one attached hydrogen (secondary N) is 1. The van der Waals surface area contributed by atoms with Crippen LogP contribution in [0.4, 0.5) is 0 Å². The Labute approximate surface area is 129 Å². The van der Waals surface area contributed by atoms with Crippen LogP contribution in [0.1, 0.15) is 39.0 Å². The second kappa shape index (κ2) is 8.02. The highest BCUT2D eigenvalue weighted by molar-refractivity contribution is 7.98. The van der Waals surface area contributed by atoms with Crippen molar-refractivity contribution in [1.82, 2.24) is 10.2 Å². The van der Waals surface area contributed by atoms with Gasteiger partial charge in [-0.25, -0.2) is 0 Å². The summed E-state index contributed by atoms with van der Waals surface area (Å²) in [5, 5.41) is 3.75. The Hall–Kier alpha value is 0.230. The van der Waals surface area contributed by atoms with Gasteiger partial charge in [0, 0.05) is 42.9 Å². The lowest BCUT2D eigenvalue weighted by molar-refractivity contribution is -0.0274. The van der Waals surface area contributed by atoms with Crippen LogP contribution in [0.25, 0.3) is 0 Å². The first-order valence-electron chi connectivity index (χ1n) is 8.19. The molecule has 1 heterocycles. The smallest absolute Gasteiger partial charge is 0.0546 e. The molecule has 0 aromatic carbocycles. The lowest BCUT2D eigenvalue weighted by Gasteiger charge is -2.42. The summed E-state index contributed by atoms with van der Waals surface area (Å²) in [6, 6.07) is 1.50. The largest absolute Gasteiger partial charge is 0.381 e. The van der Waals surface area contributed by atoms with Gasteiger partial charge in [-0.3, -0.25) is 0 Å². The van der Waals surface area contributed by atoms with Crippen LogP contribution in [0.3, 0.4) is 0 Å². The second-order valence-corrected chi connectivity index (χ2v) is 7.65. The van der Waals surface area contributed by atoms with Crippen molar-refractivity contribution in [1.29, 1.82) is 0 Å². The van der Waals surface area contributed by atoms with Gasteiger partial charge in [0.05, 0.1) is 6.61 Å². The van der Waals surface area contributed by atoms with Crippen LogP contribution in [0.15, 0.2) is 0 Å². The quantitative estimate of drug-likeness (QED) is 0.707. The molecular weight excluding hydrogens is 268 g/mol. The topological polar surface area (TPSA) is 24.5 Å². The zero-order valence-electron chi connectivity index (χ0n) is 13.5.